The number of rotatable bonds is 13. The molecular weight excluding hydrogens is 520 g/mol. The largest absolute Gasteiger partial charge is 0.506 e. The molecule has 3 aromatic carbocycles. The second kappa shape index (κ2) is 13.4. The molecular formula is C26H29ClN2O7S. The summed E-state index contributed by atoms with van der Waals surface area (Å²) in [5, 5.41) is 32.7. The minimum atomic E-state index is -2.31. The molecule has 3 aromatic rings. The summed E-state index contributed by atoms with van der Waals surface area (Å²) in [5.74, 6) is -0.470. The molecule has 0 heterocycles. The van der Waals surface area contributed by atoms with Gasteiger partial charge >= 0.3 is 5.97 Å². The van der Waals surface area contributed by atoms with Crippen LogP contribution in [0.3, 0.4) is 0 Å². The predicted octanol–water partition coefficient (Wildman–Crippen LogP) is 4.00. The van der Waals surface area contributed by atoms with E-state index >= 15 is 0 Å². The molecule has 0 aliphatic carbocycles. The van der Waals surface area contributed by atoms with E-state index in [9.17, 15) is 23.8 Å². The molecule has 3 rings (SSSR count). The number of anilines is 1. The molecule has 0 fully saturated rings. The zero-order valence-corrected chi connectivity index (χ0v) is 21.7. The summed E-state index contributed by atoms with van der Waals surface area (Å²) in [6.45, 7) is 0.935. The molecule has 0 aliphatic heterocycles. The second-order valence-electron chi connectivity index (χ2n) is 8.28. The van der Waals surface area contributed by atoms with Crippen molar-refractivity contribution in [1.29, 1.82) is 0 Å². The van der Waals surface area contributed by atoms with Gasteiger partial charge in [-0.1, -0.05) is 48.0 Å². The first-order chi connectivity index (χ1) is 17.7. The molecule has 37 heavy (non-hydrogen) atoms. The number of carbonyl (C=O) groups is 1. The number of hydrogen-bond donors (Lipinski definition) is 5. The number of aliphatic hydroxyl groups is 1. The number of aliphatic carboxylic acids is 1. The van der Waals surface area contributed by atoms with E-state index in [1.807, 2.05) is 30.3 Å². The van der Waals surface area contributed by atoms with Gasteiger partial charge in [0.2, 0.25) is 0 Å². The number of aliphatic hydroxyl groups excluding tert-OH is 1. The van der Waals surface area contributed by atoms with Gasteiger partial charge in [0.1, 0.15) is 18.1 Å². The molecule has 11 heteroatoms. The first-order valence-electron chi connectivity index (χ1n) is 11.5. The minimum Gasteiger partial charge on any atom is -0.506 e. The number of halogens is 1. The Kier molecular flexibility index (Phi) is 10.3. The van der Waals surface area contributed by atoms with E-state index in [1.165, 1.54) is 19.2 Å². The van der Waals surface area contributed by atoms with Crippen LogP contribution in [-0.2, 0) is 22.5 Å². The fourth-order valence-corrected chi connectivity index (χ4v) is 4.14. The number of nitrogens with zero attached hydrogens (tertiary/aromatic N) is 1. The maximum Gasteiger partial charge on any atom is 0.303 e. The highest BCUT2D eigenvalue weighted by Crippen LogP contribution is 2.31. The molecule has 0 spiro atoms. The average Bonchev–Trinajstić information content (AvgIpc) is 2.88. The lowest BCUT2D eigenvalue weighted by atomic mass is 10.0. The zero-order chi connectivity index (χ0) is 26.9. The third-order valence-electron chi connectivity index (χ3n) is 5.68. The van der Waals surface area contributed by atoms with Crippen LogP contribution in [0.2, 0.25) is 5.02 Å². The summed E-state index contributed by atoms with van der Waals surface area (Å²) >= 11 is 4.09. The molecule has 0 bridgehead atoms. The average molecular weight is 549 g/mol. The van der Waals surface area contributed by atoms with Crippen molar-refractivity contribution in [3.05, 3.63) is 76.8 Å². The first kappa shape index (κ1) is 28.4. The third kappa shape index (κ3) is 8.17. The molecule has 0 radical (unpaired) electrons. The van der Waals surface area contributed by atoms with Crippen LogP contribution in [-0.4, -0.2) is 56.8 Å². The van der Waals surface area contributed by atoms with Crippen LogP contribution in [0.25, 0.3) is 11.1 Å². The number of benzene rings is 3. The van der Waals surface area contributed by atoms with Crippen LogP contribution < -0.4 is 14.4 Å². The van der Waals surface area contributed by atoms with E-state index in [-0.39, 0.29) is 24.4 Å². The van der Waals surface area contributed by atoms with Gasteiger partial charge in [-0.3, -0.25) is 13.7 Å². The molecule has 2 atom stereocenters. The summed E-state index contributed by atoms with van der Waals surface area (Å²) in [7, 11) is 1.36. The normalized spacial score (nSPS) is 12.6. The van der Waals surface area contributed by atoms with Crippen molar-refractivity contribution in [3.63, 3.8) is 0 Å². The van der Waals surface area contributed by atoms with Crippen LogP contribution >= 0.6 is 11.6 Å². The van der Waals surface area contributed by atoms with Gasteiger partial charge in [0.25, 0.3) is 11.3 Å². The van der Waals surface area contributed by atoms with Crippen molar-refractivity contribution >= 4 is 34.5 Å². The summed E-state index contributed by atoms with van der Waals surface area (Å²) in [6, 6.07) is 17.5. The van der Waals surface area contributed by atoms with E-state index in [0.29, 0.717) is 35.9 Å². The van der Waals surface area contributed by atoms with Crippen molar-refractivity contribution in [2.45, 2.75) is 18.9 Å². The van der Waals surface area contributed by atoms with Crippen molar-refractivity contribution in [3.8, 4) is 22.6 Å². The number of carboxylic acids is 1. The maximum absolute atomic E-state index is 11.3. The Morgan fingerprint density at radius 3 is 2.46 bits per heavy atom. The molecule has 0 saturated carbocycles. The van der Waals surface area contributed by atoms with Gasteiger partial charge in [0, 0.05) is 26.6 Å². The Labute approximate surface area is 222 Å². The van der Waals surface area contributed by atoms with Crippen LogP contribution in [0.1, 0.15) is 23.7 Å². The second-order valence-corrected chi connectivity index (χ2v) is 9.70. The number of aromatic hydroxyl groups is 1. The van der Waals surface area contributed by atoms with Gasteiger partial charge in [-0.05, 0) is 52.9 Å². The number of nitrogens with one attached hydrogen (secondary N) is 1. The highest BCUT2D eigenvalue weighted by molar-refractivity contribution is 7.80. The SMILES string of the molecule is CN(c1cc(C(O)CNCCOc2ccc(-c3ccc(CCC(=O)O)cc3)cc2Cl)ccc1O)S(=O)O. The van der Waals surface area contributed by atoms with Crippen LogP contribution in [0, 0.1) is 0 Å². The summed E-state index contributed by atoms with van der Waals surface area (Å²) in [5.41, 5.74) is 3.43. The summed E-state index contributed by atoms with van der Waals surface area (Å²) in [4.78, 5) is 10.7. The fraction of sp³-hybridized carbons (Fsp3) is 0.269. The van der Waals surface area contributed by atoms with E-state index in [1.54, 1.807) is 18.2 Å². The van der Waals surface area contributed by atoms with Crippen molar-refractivity contribution < 1.29 is 33.6 Å². The van der Waals surface area contributed by atoms with Gasteiger partial charge < -0.3 is 25.4 Å². The molecule has 0 saturated heterocycles. The van der Waals surface area contributed by atoms with Crippen molar-refractivity contribution in [1.82, 2.24) is 5.32 Å². The van der Waals surface area contributed by atoms with Gasteiger partial charge in [-0.2, -0.15) is 0 Å². The smallest absolute Gasteiger partial charge is 0.303 e. The Morgan fingerprint density at radius 1 is 1.11 bits per heavy atom. The van der Waals surface area contributed by atoms with Gasteiger partial charge in [0.05, 0.1) is 16.8 Å². The molecule has 2 unspecified atom stereocenters. The van der Waals surface area contributed by atoms with Crippen molar-refractivity contribution in [2.24, 2.45) is 0 Å². The Morgan fingerprint density at radius 2 is 1.81 bits per heavy atom. The lowest BCUT2D eigenvalue weighted by Gasteiger charge is -2.18. The molecule has 0 aromatic heterocycles. The lowest BCUT2D eigenvalue weighted by Crippen LogP contribution is -2.26. The molecule has 9 nitrogen and oxygen atoms in total. The standard InChI is InChI=1S/C26H29ClN2O7S/c1-29(37(34)35)22-15-20(7-9-23(22)30)24(31)16-28-12-13-36-25-10-8-19(14-21(25)27)18-5-2-17(3-6-18)4-11-26(32)33/h2-3,5-10,14-15,24,28,30-31H,4,11-13,16H2,1H3,(H,32,33)(H,34,35). The van der Waals surface area contributed by atoms with Crippen LogP contribution in [0.5, 0.6) is 11.5 Å². The lowest BCUT2D eigenvalue weighted by molar-refractivity contribution is -0.136. The maximum atomic E-state index is 11.3. The van der Waals surface area contributed by atoms with Crippen molar-refractivity contribution in [2.75, 3.05) is 31.0 Å². The van der Waals surface area contributed by atoms with E-state index in [2.05, 4.69) is 5.32 Å². The van der Waals surface area contributed by atoms with Crippen LogP contribution in [0.15, 0.2) is 60.7 Å². The third-order valence-corrected chi connectivity index (χ3v) is 6.64. The minimum absolute atomic E-state index is 0.0914. The van der Waals surface area contributed by atoms with E-state index in [4.69, 9.17) is 21.4 Å². The van der Waals surface area contributed by atoms with Gasteiger partial charge in [-0.25, -0.2) is 4.21 Å². The number of ether oxygens (including phenoxy) is 1. The fourth-order valence-electron chi connectivity index (χ4n) is 3.59. The number of phenolic OH excluding ortho intramolecular Hbond substituents is 1. The zero-order valence-electron chi connectivity index (χ0n) is 20.1. The molecule has 0 aliphatic rings. The Balaban J connectivity index is 1.48. The highest BCUT2D eigenvalue weighted by Gasteiger charge is 2.15. The first-order valence-corrected chi connectivity index (χ1v) is 12.9. The van der Waals surface area contributed by atoms with E-state index < -0.39 is 23.3 Å². The Hall–Kier alpha value is -3.15. The van der Waals surface area contributed by atoms with Crippen LogP contribution in [0.4, 0.5) is 5.69 Å². The number of carboxylic acid groups (broad SMARTS) is 1. The van der Waals surface area contributed by atoms with E-state index in [0.717, 1.165) is 21.0 Å². The number of aryl methyl sites for hydroxylation is 1. The molecule has 0 amide bonds. The molecule has 198 valence electrons. The van der Waals surface area contributed by atoms with Gasteiger partial charge in [-0.15, -0.1) is 0 Å². The summed E-state index contributed by atoms with van der Waals surface area (Å²) in [6.07, 6.45) is -0.333. The highest BCUT2D eigenvalue weighted by atomic mass is 35.5. The topological polar surface area (TPSA) is 140 Å². The predicted molar refractivity (Wildman–Crippen MR) is 143 cm³/mol. The quantitative estimate of drug-likeness (QED) is 0.159. The molecule has 5 N–H and O–H groups in total. The summed E-state index contributed by atoms with van der Waals surface area (Å²) < 4.78 is 27.2. The Bertz CT molecular complexity index is 1240. The number of hydrogen-bond acceptors (Lipinski definition) is 6. The number of phenols is 1. The monoisotopic (exact) mass is 548 g/mol. The van der Waals surface area contributed by atoms with Gasteiger partial charge in [0.15, 0.2) is 0 Å².